The molecule has 1 saturated carbocycles. The summed E-state index contributed by atoms with van der Waals surface area (Å²) in [6, 6.07) is 12.0. The fraction of sp³-hybridized carbons (Fsp3) is 0.235. The number of nitrogens with one attached hydrogen (secondary N) is 1. The molecule has 0 spiro atoms. The van der Waals surface area contributed by atoms with Crippen LogP contribution in [0.4, 0.5) is 0 Å². The lowest BCUT2D eigenvalue weighted by atomic mass is 10.1. The summed E-state index contributed by atoms with van der Waals surface area (Å²) in [5, 5.41) is 0.979. The van der Waals surface area contributed by atoms with Crippen LogP contribution >= 0.6 is 0 Å². The first kappa shape index (κ1) is 12.3. The summed E-state index contributed by atoms with van der Waals surface area (Å²) in [6.07, 6.45) is 5.62. The Morgan fingerprint density at radius 2 is 2.10 bits per heavy atom. The van der Waals surface area contributed by atoms with Gasteiger partial charge in [-0.3, -0.25) is 4.79 Å². The van der Waals surface area contributed by atoms with Crippen molar-refractivity contribution in [2.24, 2.45) is 0 Å². The number of benzene rings is 1. The van der Waals surface area contributed by atoms with Crippen molar-refractivity contribution in [3.05, 3.63) is 60.2 Å². The molecule has 0 saturated heterocycles. The van der Waals surface area contributed by atoms with E-state index in [1.54, 1.807) is 6.26 Å². The number of amides is 1. The van der Waals surface area contributed by atoms with E-state index in [2.05, 4.69) is 4.98 Å². The summed E-state index contributed by atoms with van der Waals surface area (Å²) in [4.78, 5) is 18.0. The minimum Gasteiger partial charge on any atom is -0.467 e. The topological polar surface area (TPSA) is 49.2 Å². The Morgan fingerprint density at radius 3 is 2.86 bits per heavy atom. The molecule has 2 heterocycles. The molecule has 4 nitrogen and oxygen atoms in total. The number of hydrogen-bond acceptors (Lipinski definition) is 2. The summed E-state index contributed by atoms with van der Waals surface area (Å²) in [5.74, 6) is 0.904. The molecule has 0 radical (unpaired) electrons. The maximum absolute atomic E-state index is 12.9. The summed E-state index contributed by atoms with van der Waals surface area (Å²) >= 11 is 0. The van der Waals surface area contributed by atoms with Crippen LogP contribution in [0.25, 0.3) is 10.9 Å². The molecule has 1 aliphatic rings. The maximum atomic E-state index is 12.9. The van der Waals surface area contributed by atoms with Crippen LogP contribution in [0.3, 0.4) is 0 Å². The molecular formula is C17H16N2O2. The number of fused-ring (bicyclic) bond motifs is 1. The first-order valence-electron chi connectivity index (χ1n) is 7.22. The number of hydrogen-bond donors (Lipinski definition) is 1. The van der Waals surface area contributed by atoms with Crippen molar-refractivity contribution >= 4 is 16.8 Å². The number of aromatic nitrogens is 1. The van der Waals surface area contributed by atoms with Crippen LogP contribution in [0.1, 0.15) is 29.0 Å². The van der Waals surface area contributed by atoms with Gasteiger partial charge >= 0.3 is 0 Å². The minimum absolute atomic E-state index is 0.0753. The van der Waals surface area contributed by atoms with Gasteiger partial charge in [-0.15, -0.1) is 0 Å². The molecule has 4 heteroatoms. The first-order valence-corrected chi connectivity index (χ1v) is 7.22. The van der Waals surface area contributed by atoms with E-state index in [1.165, 1.54) is 0 Å². The van der Waals surface area contributed by atoms with Gasteiger partial charge in [0.15, 0.2) is 0 Å². The van der Waals surface area contributed by atoms with Gasteiger partial charge in [-0.2, -0.15) is 0 Å². The van der Waals surface area contributed by atoms with E-state index in [9.17, 15) is 4.79 Å². The predicted molar refractivity (Wildman–Crippen MR) is 79.9 cm³/mol. The number of H-pyrrole nitrogens is 1. The quantitative estimate of drug-likeness (QED) is 0.794. The highest BCUT2D eigenvalue weighted by molar-refractivity contribution is 6.06. The van der Waals surface area contributed by atoms with Crippen LogP contribution in [0, 0.1) is 0 Å². The number of rotatable bonds is 4. The average Bonchev–Trinajstić information content (AvgIpc) is 3.05. The lowest BCUT2D eigenvalue weighted by Crippen LogP contribution is -2.32. The Balaban J connectivity index is 1.67. The largest absolute Gasteiger partial charge is 0.467 e. The molecule has 0 aliphatic heterocycles. The Morgan fingerprint density at radius 1 is 1.24 bits per heavy atom. The molecule has 21 heavy (non-hydrogen) atoms. The van der Waals surface area contributed by atoms with Gasteiger partial charge in [0.25, 0.3) is 5.91 Å². The zero-order chi connectivity index (χ0) is 14.2. The predicted octanol–water partition coefficient (Wildman–Crippen LogP) is 3.57. The van der Waals surface area contributed by atoms with E-state index in [0.29, 0.717) is 12.6 Å². The molecule has 1 aromatic carbocycles. The summed E-state index contributed by atoms with van der Waals surface area (Å²) < 4.78 is 5.40. The molecule has 0 atom stereocenters. The second-order valence-electron chi connectivity index (χ2n) is 5.49. The second kappa shape index (κ2) is 4.81. The molecule has 3 aromatic rings. The number of furan rings is 1. The number of carbonyl (C=O) groups is 1. The van der Waals surface area contributed by atoms with Crippen molar-refractivity contribution in [3.8, 4) is 0 Å². The van der Waals surface area contributed by atoms with Gasteiger partial charge in [-0.25, -0.2) is 0 Å². The molecule has 106 valence electrons. The van der Waals surface area contributed by atoms with Crippen molar-refractivity contribution < 1.29 is 9.21 Å². The average molecular weight is 280 g/mol. The van der Waals surface area contributed by atoms with E-state index in [-0.39, 0.29) is 5.91 Å². The van der Waals surface area contributed by atoms with Crippen LogP contribution < -0.4 is 0 Å². The van der Waals surface area contributed by atoms with Crippen LogP contribution in [-0.4, -0.2) is 21.8 Å². The molecular weight excluding hydrogens is 264 g/mol. The van der Waals surface area contributed by atoms with Crippen LogP contribution in [0.2, 0.25) is 0 Å². The number of nitrogens with zero attached hydrogens (tertiary/aromatic N) is 1. The van der Waals surface area contributed by atoms with Crippen molar-refractivity contribution in [2.45, 2.75) is 25.4 Å². The Bertz CT molecular complexity index is 769. The summed E-state index contributed by atoms with van der Waals surface area (Å²) in [6.45, 7) is 0.538. The molecule has 1 amide bonds. The molecule has 2 aromatic heterocycles. The number of para-hydroxylation sites is 1. The van der Waals surface area contributed by atoms with E-state index in [0.717, 1.165) is 35.1 Å². The van der Waals surface area contributed by atoms with Gasteiger partial charge < -0.3 is 14.3 Å². The zero-order valence-electron chi connectivity index (χ0n) is 11.6. The third-order valence-corrected chi connectivity index (χ3v) is 3.97. The molecule has 0 bridgehead atoms. The van der Waals surface area contributed by atoms with Crippen molar-refractivity contribution in [3.63, 3.8) is 0 Å². The molecule has 1 aliphatic carbocycles. The van der Waals surface area contributed by atoms with Crippen LogP contribution in [-0.2, 0) is 6.54 Å². The fourth-order valence-electron chi connectivity index (χ4n) is 2.73. The van der Waals surface area contributed by atoms with E-state index < -0.39 is 0 Å². The van der Waals surface area contributed by atoms with Gasteiger partial charge in [-0.1, -0.05) is 18.2 Å². The van der Waals surface area contributed by atoms with Gasteiger partial charge in [-0.05, 0) is 31.0 Å². The standard InChI is InChI=1S/C17H16N2O2/c20-17(15-10-18-16-6-2-1-5-14(15)16)19(12-7-8-12)11-13-4-3-9-21-13/h1-6,9-10,12,18H,7-8,11H2. The monoisotopic (exact) mass is 280 g/mol. The number of carbonyl (C=O) groups excluding carboxylic acids is 1. The van der Waals surface area contributed by atoms with Crippen LogP contribution in [0.15, 0.2) is 53.3 Å². The lowest BCUT2D eigenvalue weighted by Gasteiger charge is -2.21. The van der Waals surface area contributed by atoms with Gasteiger partial charge in [0.05, 0.1) is 18.4 Å². The molecule has 1 N–H and O–H groups in total. The van der Waals surface area contributed by atoms with Crippen molar-refractivity contribution in [1.29, 1.82) is 0 Å². The summed E-state index contributed by atoms with van der Waals surface area (Å²) in [7, 11) is 0. The highest BCUT2D eigenvalue weighted by Gasteiger charge is 2.34. The van der Waals surface area contributed by atoms with Gasteiger partial charge in [0, 0.05) is 23.1 Å². The Labute approximate surface area is 122 Å². The third kappa shape index (κ3) is 2.23. The highest BCUT2D eigenvalue weighted by Crippen LogP contribution is 2.31. The number of aromatic amines is 1. The highest BCUT2D eigenvalue weighted by atomic mass is 16.3. The normalized spacial score (nSPS) is 14.5. The fourth-order valence-corrected chi connectivity index (χ4v) is 2.73. The zero-order valence-corrected chi connectivity index (χ0v) is 11.6. The first-order chi connectivity index (χ1) is 10.3. The molecule has 1 fully saturated rings. The van der Waals surface area contributed by atoms with Crippen LogP contribution in [0.5, 0.6) is 0 Å². The van der Waals surface area contributed by atoms with Crippen molar-refractivity contribution in [2.75, 3.05) is 0 Å². The summed E-state index contributed by atoms with van der Waals surface area (Å²) in [5.41, 5.74) is 1.73. The third-order valence-electron chi connectivity index (χ3n) is 3.97. The Hall–Kier alpha value is -2.49. The maximum Gasteiger partial charge on any atom is 0.256 e. The lowest BCUT2D eigenvalue weighted by molar-refractivity contribution is 0.0719. The van der Waals surface area contributed by atoms with Gasteiger partial charge in [0.2, 0.25) is 0 Å². The Kier molecular flexibility index (Phi) is 2.81. The van der Waals surface area contributed by atoms with E-state index in [4.69, 9.17) is 4.42 Å². The van der Waals surface area contributed by atoms with E-state index >= 15 is 0 Å². The SMILES string of the molecule is O=C(c1c[nH]c2ccccc12)N(Cc1ccco1)C1CC1. The minimum atomic E-state index is 0.0753. The molecule has 0 unspecified atom stereocenters. The smallest absolute Gasteiger partial charge is 0.256 e. The van der Waals surface area contributed by atoms with Crippen molar-refractivity contribution in [1.82, 2.24) is 9.88 Å². The van der Waals surface area contributed by atoms with Gasteiger partial charge in [0.1, 0.15) is 5.76 Å². The second-order valence-corrected chi connectivity index (χ2v) is 5.49. The molecule has 4 rings (SSSR count). The van der Waals surface area contributed by atoms with E-state index in [1.807, 2.05) is 47.5 Å².